The molecule has 0 aromatic heterocycles. The summed E-state index contributed by atoms with van der Waals surface area (Å²) in [6.45, 7) is 9.53. The van der Waals surface area contributed by atoms with E-state index in [0.29, 0.717) is 5.92 Å². The van der Waals surface area contributed by atoms with Gasteiger partial charge in [0.15, 0.2) is 0 Å². The van der Waals surface area contributed by atoms with Crippen molar-refractivity contribution in [3.05, 3.63) is 0 Å². The summed E-state index contributed by atoms with van der Waals surface area (Å²) in [6.07, 6.45) is 6.82. The molecule has 1 rings (SSSR count). The monoisotopic (exact) mass is 242 g/mol. The first-order chi connectivity index (χ1) is 8.00. The molecule has 1 saturated carbocycles. The first-order valence-corrected chi connectivity index (χ1v) is 7.08. The Morgan fingerprint density at radius 1 is 1.24 bits per heavy atom. The molecule has 0 saturated heterocycles. The van der Waals surface area contributed by atoms with Crippen LogP contribution in [0, 0.1) is 11.3 Å². The van der Waals surface area contributed by atoms with Gasteiger partial charge in [0.1, 0.15) is 0 Å². The van der Waals surface area contributed by atoms with Gasteiger partial charge < -0.3 is 4.74 Å². The Hall–Kier alpha value is -0.120. The largest absolute Gasteiger partial charge is 0.376 e. The van der Waals surface area contributed by atoms with E-state index in [-0.39, 0.29) is 17.6 Å². The summed E-state index contributed by atoms with van der Waals surface area (Å²) >= 11 is 0. The SMILES string of the molecule is CCOC(C(NN)C1CCCCC1)C(C)(C)C. The molecule has 1 aliphatic carbocycles. The van der Waals surface area contributed by atoms with Crippen LogP contribution in [0.3, 0.4) is 0 Å². The van der Waals surface area contributed by atoms with Crippen LogP contribution in [0.15, 0.2) is 0 Å². The van der Waals surface area contributed by atoms with Crippen molar-refractivity contribution in [3.63, 3.8) is 0 Å². The van der Waals surface area contributed by atoms with E-state index in [0.717, 1.165) is 6.61 Å². The Balaban J connectivity index is 2.72. The minimum atomic E-state index is 0.129. The fraction of sp³-hybridized carbons (Fsp3) is 1.00. The number of hydrogen-bond donors (Lipinski definition) is 2. The van der Waals surface area contributed by atoms with Crippen LogP contribution in [-0.2, 0) is 4.74 Å². The summed E-state index contributed by atoms with van der Waals surface area (Å²) in [4.78, 5) is 0. The maximum Gasteiger partial charge on any atom is 0.0792 e. The van der Waals surface area contributed by atoms with Crippen molar-refractivity contribution >= 4 is 0 Å². The highest BCUT2D eigenvalue weighted by molar-refractivity contribution is 4.90. The highest BCUT2D eigenvalue weighted by atomic mass is 16.5. The molecule has 0 aromatic carbocycles. The van der Waals surface area contributed by atoms with Crippen LogP contribution in [0.1, 0.15) is 59.8 Å². The Morgan fingerprint density at radius 3 is 2.24 bits per heavy atom. The van der Waals surface area contributed by atoms with E-state index in [2.05, 4.69) is 33.1 Å². The number of rotatable bonds is 5. The zero-order valence-electron chi connectivity index (χ0n) is 12.0. The molecule has 102 valence electrons. The Kier molecular flexibility index (Phi) is 5.90. The van der Waals surface area contributed by atoms with Crippen molar-refractivity contribution in [2.45, 2.75) is 71.9 Å². The summed E-state index contributed by atoms with van der Waals surface area (Å²) in [5, 5.41) is 0. The fourth-order valence-corrected chi connectivity index (χ4v) is 3.04. The first-order valence-electron chi connectivity index (χ1n) is 7.08. The molecule has 0 aromatic rings. The van der Waals surface area contributed by atoms with E-state index >= 15 is 0 Å². The van der Waals surface area contributed by atoms with Gasteiger partial charge in [-0.3, -0.25) is 11.3 Å². The summed E-state index contributed by atoms with van der Waals surface area (Å²) in [6, 6.07) is 0.287. The number of hydrogen-bond acceptors (Lipinski definition) is 3. The van der Waals surface area contributed by atoms with Crippen LogP contribution in [0.4, 0.5) is 0 Å². The molecule has 0 amide bonds. The zero-order valence-corrected chi connectivity index (χ0v) is 12.0. The van der Waals surface area contributed by atoms with Crippen LogP contribution in [0.5, 0.6) is 0 Å². The summed E-state index contributed by atoms with van der Waals surface area (Å²) in [5.74, 6) is 6.47. The maximum absolute atomic E-state index is 5.97. The van der Waals surface area contributed by atoms with Crippen LogP contribution in [0.2, 0.25) is 0 Å². The van der Waals surface area contributed by atoms with Crippen molar-refractivity contribution in [3.8, 4) is 0 Å². The minimum Gasteiger partial charge on any atom is -0.376 e. The lowest BCUT2D eigenvalue weighted by Gasteiger charge is -2.41. The van der Waals surface area contributed by atoms with Crippen molar-refractivity contribution in [1.29, 1.82) is 0 Å². The lowest BCUT2D eigenvalue weighted by Crippen LogP contribution is -2.55. The molecule has 1 fully saturated rings. The van der Waals surface area contributed by atoms with E-state index in [1.165, 1.54) is 32.1 Å². The molecule has 0 heterocycles. The highest BCUT2D eigenvalue weighted by Gasteiger charge is 2.37. The number of nitrogens with one attached hydrogen (secondary N) is 1. The molecular weight excluding hydrogens is 212 g/mol. The normalized spacial score (nSPS) is 22.4. The number of ether oxygens (including phenoxy) is 1. The molecule has 0 bridgehead atoms. The van der Waals surface area contributed by atoms with Gasteiger partial charge in [0.05, 0.1) is 12.1 Å². The zero-order chi connectivity index (χ0) is 12.9. The van der Waals surface area contributed by atoms with Crippen LogP contribution < -0.4 is 11.3 Å². The molecule has 3 heteroatoms. The molecule has 0 spiro atoms. The van der Waals surface area contributed by atoms with Gasteiger partial charge in [-0.1, -0.05) is 40.0 Å². The second-order valence-corrected chi connectivity index (χ2v) is 6.33. The van der Waals surface area contributed by atoms with E-state index in [4.69, 9.17) is 10.6 Å². The van der Waals surface area contributed by atoms with Crippen LogP contribution >= 0.6 is 0 Å². The third-order valence-electron chi connectivity index (χ3n) is 3.88. The predicted molar refractivity (Wildman–Crippen MR) is 72.6 cm³/mol. The Bertz CT molecular complexity index is 207. The van der Waals surface area contributed by atoms with Crippen LogP contribution in [0.25, 0.3) is 0 Å². The average molecular weight is 242 g/mol. The molecule has 2 atom stereocenters. The lowest BCUT2D eigenvalue weighted by molar-refractivity contribution is -0.0527. The molecule has 0 radical (unpaired) electrons. The van der Waals surface area contributed by atoms with Crippen molar-refractivity contribution in [2.75, 3.05) is 6.61 Å². The molecule has 17 heavy (non-hydrogen) atoms. The van der Waals surface area contributed by atoms with Crippen molar-refractivity contribution < 1.29 is 4.74 Å². The Morgan fingerprint density at radius 2 is 1.82 bits per heavy atom. The van der Waals surface area contributed by atoms with Gasteiger partial charge in [0, 0.05) is 6.61 Å². The average Bonchev–Trinajstić information content (AvgIpc) is 2.29. The maximum atomic E-state index is 5.97. The van der Waals surface area contributed by atoms with Gasteiger partial charge in [-0.15, -0.1) is 0 Å². The summed E-state index contributed by atoms with van der Waals surface area (Å²) < 4.78 is 5.97. The predicted octanol–water partition coefficient (Wildman–Crippen LogP) is 2.85. The minimum absolute atomic E-state index is 0.129. The molecule has 3 nitrogen and oxygen atoms in total. The molecular formula is C14H30N2O. The van der Waals surface area contributed by atoms with Gasteiger partial charge in [-0.05, 0) is 31.1 Å². The van der Waals surface area contributed by atoms with E-state index in [1.807, 2.05) is 0 Å². The van der Waals surface area contributed by atoms with Crippen LogP contribution in [-0.4, -0.2) is 18.8 Å². The fourth-order valence-electron chi connectivity index (χ4n) is 3.04. The smallest absolute Gasteiger partial charge is 0.0792 e. The highest BCUT2D eigenvalue weighted by Crippen LogP contribution is 2.34. The summed E-state index contributed by atoms with van der Waals surface area (Å²) in [7, 11) is 0. The van der Waals surface area contributed by atoms with E-state index in [9.17, 15) is 0 Å². The lowest BCUT2D eigenvalue weighted by atomic mass is 9.75. The van der Waals surface area contributed by atoms with Gasteiger partial charge in [0.25, 0.3) is 0 Å². The number of hydrazine groups is 1. The van der Waals surface area contributed by atoms with Gasteiger partial charge >= 0.3 is 0 Å². The van der Waals surface area contributed by atoms with Crippen molar-refractivity contribution in [1.82, 2.24) is 5.43 Å². The third-order valence-corrected chi connectivity index (χ3v) is 3.88. The molecule has 3 N–H and O–H groups in total. The Labute approximate surface area is 106 Å². The van der Waals surface area contributed by atoms with Crippen molar-refractivity contribution in [2.24, 2.45) is 17.2 Å². The second-order valence-electron chi connectivity index (χ2n) is 6.33. The first kappa shape index (κ1) is 14.9. The quantitative estimate of drug-likeness (QED) is 0.575. The molecule has 1 aliphatic rings. The second kappa shape index (κ2) is 6.72. The van der Waals surface area contributed by atoms with Gasteiger partial charge in [-0.2, -0.15) is 0 Å². The van der Waals surface area contributed by atoms with E-state index < -0.39 is 0 Å². The summed E-state index contributed by atoms with van der Waals surface area (Å²) in [5.41, 5.74) is 3.17. The number of nitrogens with two attached hydrogens (primary N) is 1. The topological polar surface area (TPSA) is 47.3 Å². The van der Waals surface area contributed by atoms with E-state index in [1.54, 1.807) is 0 Å². The molecule has 2 unspecified atom stereocenters. The van der Waals surface area contributed by atoms with Gasteiger partial charge in [0.2, 0.25) is 0 Å². The van der Waals surface area contributed by atoms with Gasteiger partial charge in [-0.25, -0.2) is 0 Å². The third kappa shape index (κ3) is 4.23. The standard InChI is InChI=1S/C14H30N2O/c1-5-17-13(14(2,3)4)12(16-15)11-9-7-6-8-10-11/h11-13,16H,5-10,15H2,1-4H3. The molecule has 0 aliphatic heterocycles.